The lowest BCUT2D eigenvalue weighted by molar-refractivity contribution is -0.828. The fourth-order valence-electron chi connectivity index (χ4n) is 7.58. The predicted molar refractivity (Wildman–Crippen MR) is 196 cm³/mol. The van der Waals surface area contributed by atoms with E-state index < -0.39 is 13.1 Å². The Hall–Kier alpha value is -3.41. The number of aryl methyl sites for hydroxylation is 8. The van der Waals surface area contributed by atoms with E-state index in [0.29, 0.717) is 0 Å². The van der Waals surface area contributed by atoms with Crippen molar-refractivity contribution in [2.75, 3.05) is 13.1 Å². The number of rotatable bonds is 7. The van der Waals surface area contributed by atoms with E-state index in [1.54, 1.807) is 4.90 Å². The van der Waals surface area contributed by atoms with Gasteiger partial charge < -0.3 is 4.90 Å². The lowest BCUT2D eigenvalue weighted by Gasteiger charge is -2.45. The Balaban J connectivity index is 0.000000339. The Kier molecular flexibility index (Phi) is 11.1. The van der Waals surface area contributed by atoms with E-state index in [0.717, 1.165) is 0 Å². The van der Waals surface area contributed by atoms with Gasteiger partial charge in [0.05, 0.1) is 13.1 Å². The Morgan fingerprint density at radius 2 is 0.705 bits per heavy atom. The minimum absolute atomic E-state index is 1.17. The first-order chi connectivity index (χ1) is 21.0. The molecule has 0 aromatic heterocycles. The molecule has 1 nitrogen and oxygen atoms in total. The molecule has 0 amide bonds. The number of quaternary nitrogens is 1. The monoisotopic (exact) mass is 597 g/mol. The third kappa shape index (κ3) is 6.95. The largest absolute Gasteiger partial charge is 0.303 e. The zero-order valence-corrected chi connectivity index (χ0v) is 30.0. The molecule has 0 fully saturated rings. The SMILES string of the molecule is CC[NH+](CC)c1ccccc1.Cc1cc[c]([Al-]([c]2ccc(C)cc2C)([c]2ccc(C)cc2C)[c]2ccc(C)cc2C)c(C)c1. The summed E-state index contributed by atoms with van der Waals surface area (Å²) in [5.74, 6) is 0. The second-order valence-corrected chi connectivity index (χ2v) is 17.2. The van der Waals surface area contributed by atoms with Crippen LogP contribution in [0.15, 0.2) is 103 Å². The quantitative estimate of drug-likeness (QED) is 0.198. The fourth-order valence-corrected chi connectivity index (χ4v) is 14.2. The van der Waals surface area contributed by atoms with Crippen molar-refractivity contribution < 1.29 is 4.90 Å². The summed E-state index contributed by atoms with van der Waals surface area (Å²) in [5, 5.41) is 0. The zero-order chi connectivity index (χ0) is 32.0. The normalized spacial score (nSPS) is 11.3. The number of hydrogen-bond acceptors (Lipinski definition) is 0. The van der Waals surface area contributed by atoms with E-state index in [9.17, 15) is 0 Å². The molecule has 5 aromatic carbocycles. The Labute approximate surface area is 270 Å². The van der Waals surface area contributed by atoms with E-state index in [2.05, 4.69) is 172 Å². The molecule has 1 N–H and O–H groups in total. The van der Waals surface area contributed by atoms with Gasteiger partial charge in [-0.25, -0.2) is 17.7 Å². The molecule has 0 atom stereocenters. The van der Waals surface area contributed by atoms with Crippen molar-refractivity contribution in [1.82, 2.24) is 0 Å². The van der Waals surface area contributed by atoms with Gasteiger partial charge in [0.2, 0.25) is 0 Å². The lowest BCUT2D eigenvalue weighted by atomic mass is 10.1. The van der Waals surface area contributed by atoms with Crippen LogP contribution in [0.2, 0.25) is 0 Å². The van der Waals surface area contributed by atoms with Gasteiger partial charge in [0.15, 0.2) is 0 Å². The van der Waals surface area contributed by atoms with Crippen LogP contribution in [0, 0.1) is 55.4 Å². The topological polar surface area (TPSA) is 4.44 Å². The second kappa shape index (κ2) is 14.6. The van der Waals surface area contributed by atoms with Crippen molar-refractivity contribution in [1.29, 1.82) is 0 Å². The van der Waals surface area contributed by atoms with E-state index >= 15 is 0 Å². The first kappa shape index (κ1) is 33.5. The van der Waals surface area contributed by atoms with Crippen LogP contribution in [0.5, 0.6) is 0 Å². The first-order valence-corrected chi connectivity index (χ1v) is 18.7. The molecule has 0 aliphatic carbocycles. The van der Waals surface area contributed by atoms with Gasteiger partial charge in [-0.1, -0.05) is 111 Å². The van der Waals surface area contributed by atoms with Crippen molar-refractivity contribution >= 4 is 36.5 Å². The van der Waals surface area contributed by atoms with Gasteiger partial charge in [0.1, 0.15) is 5.69 Å². The minimum Gasteiger partial charge on any atom is -0.303 e. The number of para-hydroxylation sites is 1. The molecule has 0 aliphatic heterocycles. The van der Waals surface area contributed by atoms with Crippen molar-refractivity contribution in [3.8, 4) is 0 Å². The van der Waals surface area contributed by atoms with Crippen molar-refractivity contribution in [3.05, 3.63) is 148 Å². The smallest absolute Gasteiger partial charge is 0.268 e. The van der Waals surface area contributed by atoms with E-state index in [1.165, 1.54) is 81.0 Å². The summed E-state index contributed by atoms with van der Waals surface area (Å²) >= 11 is -3.00. The summed E-state index contributed by atoms with van der Waals surface area (Å²) in [6.45, 7) is 24.8. The van der Waals surface area contributed by atoms with Crippen LogP contribution in [0.1, 0.15) is 58.4 Å². The summed E-state index contributed by atoms with van der Waals surface area (Å²) in [7, 11) is 0. The van der Waals surface area contributed by atoms with E-state index in [4.69, 9.17) is 0 Å². The van der Waals surface area contributed by atoms with Gasteiger partial charge in [0.25, 0.3) is 13.1 Å². The molecule has 0 saturated heterocycles. The lowest BCUT2D eigenvalue weighted by Crippen LogP contribution is -3.06. The van der Waals surface area contributed by atoms with Crippen LogP contribution >= 0.6 is 0 Å². The standard InChI is InChI=1S/C10H15N.4C8H9.Al/c1-3-11(4-2)10-8-6-5-7-9-10;4*1-7-4-3-5-8(2)6-7;/h5-9H,3-4H2,1-2H3;4*3-4,6H,1-2H3;/q;;;;;-1/p+1. The molecule has 44 heavy (non-hydrogen) atoms. The summed E-state index contributed by atoms with van der Waals surface area (Å²) in [4.78, 5) is 1.55. The molecular weight excluding hydrogens is 545 g/mol. The predicted octanol–water partition coefficient (Wildman–Crippen LogP) is 6.77. The molecular formula is C42H52AlN. The number of benzene rings is 5. The molecule has 5 rings (SSSR count). The molecule has 0 saturated carbocycles. The highest BCUT2D eigenvalue weighted by Crippen LogP contribution is 2.19. The molecule has 0 radical (unpaired) electrons. The Bertz CT molecular complexity index is 1500. The molecule has 0 heterocycles. The Morgan fingerprint density at radius 1 is 0.409 bits per heavy atom. The fraction of sp³-hybridized carbons (Fsp3) is 0.286. The van der Waals surface area contributed by atoms with Crippen LogP contribution < -0.4 is 22.6 Å². The van der Waals surface area contributed by atoms with E-state index in [1.807, 2.05) is 0 Å². The highest BCUT2D eigenvalue weighted by molar-refractivity contribution is 7.20. The van der Waals surface area contributed by atoms with Crippen LogP contribution in [0.4, 0.5) is 5.69 Å². The molecule has 0 spiro atoms. The highest BCUT2D eigenvalue weighted by Gasteiger charge is 2.40. The minimum atomic E-state index is -3.00. The molecule has 2 heteroatoms. The van der Waals surface area contributed by atoms with Crippen LogP contribution in [-0.2, 0) is 0 Å². The van der Waals surface area contributed by atoms with Crippen molar-refractivity contribution in [3.63, 3.8) is 0 Å². The summed E-state index contributed by atoms with van der Waals surface area (Å²) in [5.41, 5.74) is 12.3. The average Bonchev–Trinajstić information content (AvgIpc) is 2.98. The van der Waals surface area contributed by atoms with Gasteiger partial charge in [-0.3, -0.25) is 0 Å². The summed E-state index contributed by atoms with van der Waals surface area (Å²) < 4.78 is 6.11. The first-order valence-electron chi connectivity index (χ1n) is 16.4. The number of hydrogen-bond donors (Lipinski definition) is 1. The summed E-state index contributed by atoms with van der Waals surface area (Å²) in [6, 6.07) is 39.1. The maximum atomic E-state index is 2.44. The molecule has 0 unspecified atom stereocenters. The third-order valence-corrected chi connectivity index (χ3v) is 15.9. The summed E-state index contributed by atoms with van der Waals surface area (Å²) in [6.07, 6.45) is 0. The maximum Gasteiger partial charge on any atom is 0.268 e. The van der Waals surface area contributed by atoms with Gasteiger partial charge >= 0.3 is 0 Å². The molecule has 228 valence electrons. The molecule has 0 aliphatic rings. The maximum absolute atomic E-state index is 3.00. The van der Waals surface area contributed by atoms with Crippen LogP contribution in [0.3, 0.4) is 0 Å². The van der Waals surface area contributed by atoms with Crippen LogP contribution in [0.25, 0.3) is 0 Å². The Morgan fingerprint density at radius 3 is 0.955 bits per heavy atom. The van der Waals surface area contributed by atoms with Gasteiger partial charge in [-0.05, 0) is 81.4 Å². The van der Waals surface area contributed by atoms with Gasteiger partial charge in [0, 0.05) is 0 Å². The van der Waals surface area contributed by atoms with Gasteiger partial charge in [-0.2, -0.15) is 0 Å². The molecule has 0 bridgehead atoms. The third-order valence-electron chi connectivity index (χ3n) is 9.60. The average molecular weight is 598 g/mol. The van der Waals surface area contributed by atoms with E-state index in [-0.39, 0.29) is 0 Å². The number of nitrogens with one attached hydrogen (secondary N) is 1. The van der Waals surface area contributed by atoms with Gasteiger partial charge in [-0.15, -0.1) is 24.3 Å². The van der Waals surface area contributed by atoms with Crippen LogP contribution in [-0.4, -0.2) is 26.2 Å². The second-order valence-electron chi connectivity index (χ2n) is 13.0. The molecule has 5 aromatic rings. The van der Waals surface area contributed by atoms with Crippen molar-refractivity contribution in [2.24, 2.45) is 0 Å². The zero-order valence-electron chi connectivity index (χ0n) is 28.8. The van der Waals surface area contributed by atoms with Crippen molar-refractivity contribution in [2.45, 2.75) is 69.2 Å². The highest BCUT2D eigenvalue weighted by atomic mass is 27.2.